The van der Waals surface area contributed by atoms with Crippen LogP contribution in [0.1, 0.15) is 60.3 Å². The largest absolute Gasteiger partial charge is 0.480 e. The van der Waals surface area contributed by atoms with E-state index in [1.54, 1.807) is 47.9 Å². The minimum atomic E-state index is -1.40. The molecule has 3 aromatic heterocycles. The van der Waals surface area contributed by atoms with E-state index in [-0.39, 0.29) is 56.7 Å². The molecule has 17 heteroatoms. The summed E-state index contributed by atoms with van der Waals surface area (Å²) in [4.78, 5) is 85.9. The number of amides is 5. The molecule has 0 aliphatic carbocycles. The second-order valence-electron chi connectivity index (χ2n) is 12.9. The van der Waals surface area contributed by atoms with Crippen molar-refractivity contribution in [2.45, 2.75) is 76.0 Å². The highest BCUT2D eigenvalue weighted by atomic mass is 35.5. The Labute approximate surface area is 307 Å². The number of carbonyl (C=O) groups is 6. The van der Waals surface area contributed by atoms with E-state index >= 15 is 0 Å². The Morgan fingerprint density at radius 1 is 1.13 bits per heavy atom. The number of nitrogens with one attached hydrogen (secondary N) is 4. The van der Waals surface area contributed by atoms with Gasteiger partial charge in [-0.1, -0.05) is 23.7 Å². The average Bonchev–Trinajstić information content (AvgIpc) is 3.89. The number of thiazole rings is 1. The summed E-state index contributed by atoms with van der Waals surface area (Å²) in [5.41, 5.74) is 1.36. The van der Waals surface area contributed by atoms with Gasteiger partial charge in [-0.25, -0.2) is 9.78 Å². The number of rotatable bonds is 7. The second kappa shape index (κ2) is 16.0. The van der Waals surface area contributed by atoms with Gasteiger partial charge in [0.25, 0.3) is 5.91 Å². The number of aromatic nitrogens is 2. The molecule has 0 spiro atoms. The lowest BCUT2D eigenvalue weighted by Crippen LogP contribution is -2.55. The Hall–Kier alpha value is -5.22. The topological polar surface area (TPSA) is 204 Å². The van der Waals surface area contributed by atoms with Gasteiger partial charge in [-0.15, -0.1) is 11.3 Å². The molecule has 274 valence electrons. The monoisotopic (exact) mass is 751 g/mol. The summed E-state index contributed by atoms with van der Waals surface area (Å²) < 4.78 is 7.65. The number of fused-ring (bicyclic) bond motifs is 2. The number of aryl methyl sites for hydroxylation is 1. The molecule has 52 heavy (non-hydrogen) atoms. The van der Waals surface area contributed by atoms with E-state index in [1.165, 1.54) is 16.2 Å². The lowest BCUT2D eigenvalue weighted by Gasteiger charge is -2.29. The third-order valence-electron chi connectivity index (χ3n) is 9.16. The predicted octanol–water partition coefficient (Wildman–Crippen LogP) is 2.69. The van der Waals surface area contributed by atoms with Crippen molar-refractivity contribution in [1.29, 1.82) is 0 Å². The van der Waals surface area contributed by atoms with E-state index in [1.807, 2.05) is 11.6 Å². The molecule has 5 amide bonds. The molecule has 0 unspecified atom stereocenters. The molecule has 2 aliphatic rings. The Morgan fingerprint density at radius 3 is 2.71 bits per heavy atom. The van der Waals surface area contributed by atoms with Crippen LogP contribution in [-0.2, 0) is 30.4 Å². The lowest BCUT2D eigenvalue weighted by atomic mass is 10.1. The summed E-state index contributed by atoms with van der Waals surface area (Å²) >= 11 is 7.76. The van der Waals surface area contributed by atoms with Crippen LogP contribution >= 0.6 is 22.9 Å². The average molecular weight is 752 g/mol. The molecule has 5 heterocycles. The third kappa shape index (κ3) is 8.45. The first-order valence-electron chi connectivity index (χ1n) is 16.9. The highest BCUT2D eigenvalue weighted by Crippen LogP contribution is 2.31. The highest BCUT2D eigenvalue weighted by Gasteiger charge is 2.43. The van der Waals surface area contributed by atoms with Crippen molar-refractivity contribution < 1.29 is 38.3 Å². The molecule has 5 N–H and O–H groups in total. The van der Waals surface area contributed by atoms with E-state index in [0.29, 0.717) is 40.6 Å². The van der Waals surface area contributed by atoms with Crippen LogP contribution in [0.4, 0.5) is 0 Å². The maximum Gasteiger partial charge on any atom is 0.326 e. The number of hydrogen-bond donors (Lipinski definition) is 5. The van der Waals surface area contributed by atoms with Gasteiger partial charge in [-0.05, 0) is 57.2 Å². The molecule has 2 fully saturated rings. The highest BCUT2D eigenvalue weighted by molar-refractivity contribution is 7.15. The molecule has 0 radical (unpaired) electrons. The van der Waals surface area contributed by atoms with Crippen LogP contribution < -0.4 is 21.3 Å². The molecule has 15 nitrogen and oxygen atoms in total. The quantitative estimate of drug-likeness (QED) is 0.188. The van der Waals surface area contributed by atoms with E-state index in [9.17, 15) is 33.9 Å². The first kappa shape index (κ1) is 36.6. The van der Waals surface area contributed by atoms with Crippen LogP contribution in [-0.4, -0.2) is 92.2 Å². The Morgan fingerprint density at radius 2 is 1.94 bits per heavy atom. The molecule has 1 aromatic carbocycles. The minimum Gasteiger partial charge on any atom is -0.480 e. The van der Waals surface area contributed by atoms with Crippen molar-refractivity contribution in [2.75, 3.05) is 13.1 Å². The smallest absolute Gasteiger partial charge is 0.326 e. The van der Waals surface area contributed by atoms with Gasteiger partial charge < -0.3 is 35.7 Å². The van der Waals surface area contributed by atoms with Crippen molar-refractivity contribution in [1.82, 2.24) is 35.6 Å². The van der Waals surface area contributed by atoms with Gasteiger partial charge in [-0.2, -0.15) is 0 Å². The fourth-order valence-electron chi connectivity index (χ4n) is 6.52. The number of hydrogen-bond acceptors (Lipinski definition) is 9. The van der Waals surface area contributed by atoms with Gasteiger partial charge in [0.1, 0.15) is 29.6 Å². The van der Waals surface area contributed by atoms with Crippen molar-refractivity contribution in [3.63, 3.8) is 0 Å². The van der Waals surface area contributed by atoms with Crippen LogP contribution in [0.5, 0.6) is 0 Å². The summed E-state index contributed by atoms with van der Waals surface area (Å²) in [6, 6.07) is 4.26. The van der Waals surface area contributed by atoms with E-state index in [4.69, 9.17) is 16.0 Å². The van der Waals surface area contributed by atoms with Gasteiger partial charge in [0.2, 0.25) is 23.6 Å². The molecule has 2 saturated heterocycles. The van der Waals surface area contributed by atoms with Gasteiger partial charge >= 0.3 is 5.97 Å². The number of aliphatic carboxylic acids is 1. The van der Waals surface area contributed by atoms with Gasteiger partial charge in [0.15, 0.2) is 4.96 Å². The number of nitrogens with zero attached hydrogens (tertiary/aromatic N) is 3. The number of carboxylic acid groups (broad SMARTS) is 1. The number of halogens is 1. The summed E-state index contributed by atoms with van der Waals surface area (Å²) in [7, 11) is 0. The summed E-state index contributed by atoms with van der Waals surface area (Å²) in [5, 5.41) is 23.1. The Bertz CT molecular complexity index is 1980. The predicted molar refractivity (Wildman–Crippen MR) is 190 cm³/mol. The van der Waals surface area contributed by atoms with E-state index in [0.717, 1.165) is 4.96 Å². The summed E-state index contributed by atoms with van der Waals surface area (Å²) in [5.74, 6) is -3.23. The van der Waals surface area contributed by atoms with Gasteiger partial charge in [0, 0.05) is 48.9 Å². The molecule has 0 bridgehead atoms. The minimum absolute atomic E-state index is 0.0313. The molecule has 2 aliphatic heterocycles. The van der Waals surface area contributed by atoms with Crippen LogP contribution in [0.25, 0.3) is 16.3 Å². The van der Waals surface area contributed by atoms with Crippen molar-refractivity contribution in [2.24, 2.45) is 0 Å². The molecule has 0 saturated carbocycles. The zero-order valence-corrected chi connectivity index (χ0v) is 29.8. The summed E-state index contributed by atoms with van der Waals surface area (Å²) in [6.45, 7) is 1.84. The van der Waals surface area contributed by atoms with E-state index in [2.05, 4.69) is 26.3 Å². The number of benzene rings is 1. The maximum atomic E-state index is 14.3. The zero-order valence-electron chi connectivity index (χ0n) is 28.2. The van der Waals surface area contributed by atoms with E-state index < -0.39 is 53.8 Å². The van der Waals surface area contributed by atoms with Crippen LogP contribution in [0.3, 0.4) is 0 Å². The van der Waals surface area contributed by atoms with Crippen molar-refractivity contribution in [3.8, 4) is 11.3 Å². The van der Waals surface area contributed by atoms with Gasteiger partial charge in [-0.3, -0.25) is 28.4 Å². The molecule has 4 atom stereocenters. The Kier molecular flexibility index (Phi) is 11.2. The van der Waals surface area contributed by atoms with Gasteiger partial charge in [0.05, 0.1) is 22.7 Å². The fraction of sp³-hybridized carbons (Fsp3) is 0.400. The third-order valence-corrected chi connectivity index (χ3v) is 10.3. The van der Waals surface area contributed by atoms with Crippen molar-refractivity contribution >= 4 is 63.4 Å². The SMILES string of the molecule is Cc1oc(-c2ccccc2Cl)cc1C(=O)N[C@@H]1C[C@H]2C(=O)N[C@H](C(=O)O)CCC(=O)NCCCC[C@H](NC(=O)Cc3cn4ccsc4n3)C(=O)N2C1. The normalized spacial score (nSPS) is 21.8. The number of carboxylic acids is 1. The van der Waals surface area contributed by atoms with Crippen LogP contribution in [0.2, 0.25) is 5.02 Å². The maximum absolute atomic E-state index is 14.3. The molecule has 4 aromatic rings. The number of imidazole rings is 1. The van der Waals surface area contributed by atoms with Crippen LogP contribution in [0, 0.1) is 6.92 Å². The van der Waals surface area contributed by atoms with Crippen molar-refractivity contribution in [3.05, 3.63) is 70.1 Å². The second-order valence-corrected chi connectivity index (χ2v) is 14.2. The fourth-order valence-corrected chi connectivity index (χ4v) is 7.46. The number of carbonyl (C=O) groups excluding carboxylic acids is 5. The first-order chi connectivity index (χ1) is 25.0. The molecule has 6 rings (SSSR count). The Balaban J connectivity index is 1.23. The standard InChI is InChI=1S/C35H38ClN7O8S/c1-19-23(16-28(51-19)22-6-2-3-7-24(22)36)31(46)38-20-14-27-32(47)41-26(34(49)50)9-10-29(44)37-11-5-4-8-25(33(48)43(27)18-20)40-30(45)15-21-17-42-12-13-52-35(42)39-21/h2-3,6-7,12-13,16-17,20,25-27H,4-5,8-11,14-15,18H2,1H3,(H,37,44)(H,38,46)(H,40,45)(H,41,47)(H,49,50)/t20-,25+,26+,27+/m1/s1. The summed E-state index contributed by atoms with van der Waals surface area (Å²) in [6.07, 6.45) is 4.30. The first-order valence-corrected chi connectivity index (χ1v) is 18.2. The van der Waals surface area contributed by atoms with Crippen LogP contribution in [0.15, 0.2) is 52.5 Å². The number of furan rings is 1. The molecular formula is C35H38ClN7O8S. The lowest BCUT2D eigenvalue weighted by molar-refractivity contribution is -0.145. The molecular weight excluding hydrogens is 714 g/mol. The zero-order chi connectivity index (χ0) is 36.9.